The van der Waals surface area contributed by atoms with E-state index in [-0.39, 0.29) is 12.3 Å². The number of carbonyl (C=O) groups is 1. The molecule has 4 aromatic carbocycles. The van der Waals surface area contributed by atoms with E-state index in [9.17, 15) is 18.0 Å². The lowest BCUT2D eigenvalue weighted by atomic mass is 9.77. The Morgan fingerprint density at radius 1 is 0.755 bits per heavy atom. The zero-order valence-corrected chi connectivity index (χ0v) is 29.1. The number of halogens is 3. The molecule has 0 unspecified atom stereocenters. The van der Waals surface area contributed by atoms with Crippen LogP contribution in [0.25, 0.3) is 28.0 Å². The molecule has 0 radical (unpaired) electrons. The van der Waals surface area contributed by atoms with Crippen LogP contribution < -0.4 is 10.1 Å². The van der Waals surface area contributed by atoms with Crippen molar-refractivity contribution in [3.8, 4) is 22.7 Å². The van der Waals surface area contributed by atoms with E-state index < -0.39 is 23.6 Å². The van der Waals surface area contributed by atoms with Crippen LogP contribution in [0.5, 0.6) is 5.75 Å². The Bertz CT molecular complexity index is 2240. The van der Waals surface area contributed by atoms with Crippen molar-refractivity contribution < 1.29 is 27.4 Å². The van der Waals surface area contributed by atoms with Gasteiger partial charge in [-0.05, 0) is 67.8 Å². The third-order valence-electron chi connectivity index (χ3n) is 8.58. The van der Waals surface area contributed by atoms with Crippen LogP contribution >= 0.6 is 0 Å². The number of imidazole rings is 1. The Hall–Kier alpha value is -6.43. The van der Waals surface area contributed by atoms with Gasteiger partial charge >= 0.3 is 12.5 Å². The minimum Gasteiger partial charge on any atom is -0.444 e. The molecule has 268 valence electrons. The highest BCUT2D eigenvalue weighted by atomic mass is 19.4. The highest BCUT2D eigenvalue weighted by Crippen LogP contribution is 2.42. The Kier molecular flexibility index (Phi) is 9.21. The van der Waals surface area contributed by atoms with Gasteiger partial charge in [0.15, 0.2) is 5.65 Å². The van der Waals surface area contributed by atoms with E-state index in [1.54, 1.807) is 33.3 Å². The highest BCUT2D eigenvalue weighted by molar-refractivity contribution is 5.94. The summed E-state index contributed by atoms with van der Waals surface area (Å²) in [6, 6.07) is 37.8. The van der Waals surface area contributed by atoms with Gasteiger partial charge in [0, 0.05) is 18.0 Å². The van der Waals surface area contributed by atoms with Gasteiger partial charge in [-0.1, -0.05) is 91.0 Å². The average Bonchev–Trinajstić information content (AvgIpc) is 3.78. The summed E-state index contributed by atoms with van der Waals surface area (Å²) >= 11 is 0. The third-order valence-corrected chi connectivity index (χ3v) is 8.58. The summed E-state index contributed by atoms with van der Waals surface area (Å²) in [7, 11) is 0. The summed E-state index contributed by atoms with van der Waals surface area (Å²) in [6.07, 6.45) is -0.0639. The van der Waals surface area contributed by atoms with Crippen molar-refractivity contribution >= 4 is 17.1 Å². The van der Waals surface area contributed by atoms with E-state index in [1.165, 1.54) is 28.9 Å². The van der Waals surface area contributed by atoms with Gasteiger partial charge < -0.3 is 19.4 Å². The molecule has 7 aromatic rings. The van der Waals surface area contributed by atoms with Crippen molar-refractivity contribution in [3.63, 3.8) is 0 Å². The van der Waals surface area contributed by atoms with Crippen molar-refractivity contribution in [3.05, 3.63) is 162 Å². The van der Waals surface area contributed by atoms with Crippen LogP contribution in [-0.2, 0) is 16.8 Å². The van der Waals surface area contributed by atoms with E-state index >= 15 is 0 Å². The van der Waals surface area contributed by atoms with E-state index in [0.717, 1.165) is 16.7 Å². The van der Waals surface area contributed by atoms with Crippen LogP contribution in [-0.4, -0.2) is 42.4 Å². The number of hydrogen-bond donors (Lipinski definition) is 1. The zero-order valence-electron chi connectivity index (χ0n) is 29.1. The minimum atomic E-state index is -4.83. The van der Waals surface area contributed by atoms with Crippen molar-refractivity contribution in [2.45, 2.75) is 44.8 Å². The molecule has 0 aliphatic carbocycles. The van der Waals surface area contributed by atoms with Crippen molar-refractivity contribution in [1.29, 1.82) is 0 Å². The quantitative estimate of drug-likeness (QED) is 0.150. The summed E-state index contributed by atoms with van der Waals surface area (Å²) in [4.78, 5) is 22.4. The summed E-state index contributed by atoms with van der Waals surface area (Å²) in [6.45, 7) is 5.26. The third kappa shape index (κ3) is 7.21. The van der Waals surface area contributed by atoms with E-state index in [2.05, 4.69) is 56.0 Å². The Labute approximate surface area is 303 Å². The number of amides is 1. The first kappa shape index (κ1) is 35.0. The second kappa shape index (κ2) is 13.9. The van der Waals surface area contributed by atoms with Gasteiger partial charge in [-0.3, -0.25) is 0 Å². The normalized spacial score (nSPS) is 12.1. The smallest absolute Gasteiger partial charge is 0.444 e. The predicted octanol–water partition coefficient (Wildman–Crippen LogP) is 9.05. The maximum Gasteiger partial charge on any atom is 0.573 e. The predicted molar refractivity (Wildman–Crippen MR) is 194 cm³/mol. The molecule has 0 aliphatic rings. The second-order valence-electron chi connectivity index (χ2n) is 13.3. The fourth-order valence-electron chi connectivity index (χ4n) is 6.52. The van der Waals surface area contributed by atoms with Crippen LogP contribution in [0.4, 0.5) is 18.0 Å². The van der Waals surface area contributed by atoms with E-state index in [1.807, 2.05) is 66.9 Å². The van der Waals surface area contributed by atoms with Crippen LogP contribution in [0.15, 0.2) is 140 Å². The maximum absolute atomic E-state index is 12.9. The van der Waals surface area contributed by atoms with Gasteiger partial charge in [-0.25, -0.2) is 19.4 Å². The molecule has 0 aliphatic heterocycles. The molecule has 0 atom stereocenters. The average molecular weight is 717 g/mol. The molecule has 0 saturated heterocycles. The van der Waals surface area contributed by atoms with Crippen LogP contribution in [0.1, 0.15) is 43.2 Å². The van der Waals surface area contributed by atoms with Gasteiger partial charge in [0.05, 0.1) is 35.3 Å². The topological polar surface area (TPSA) is 96.1 Å². The first-order valence-corrected chi connectivity index (χ1v) is 16.8. The van der Waals surface area contributed by atoms with Crippen molar-refractivity contribution in [1.82, 2.24) is 29.6 Å². The molecular weight excluding hydrogens is 681 g/mol. The van der Waals surface area contributed by atoms with Crippen molar-refractivity contribution in [2.75, 3.05) is 0 Å². The number of fused-ring (bicyclic) bond motifs is 1. The SMILES string of the molecule is CC(C)(C)OC(=O)NCc1nn(-c2ccc(OC(F)(F)F)cc2)c2nccc(-c3cn(C(c4ccccc4)(c4ccccc4)c4ccccc4)cn3)c12. The lowest BCUT2D eigenvalue weighted by molar-refractivity contribution is -0.274. The molecule has 0 bridgehead atoms. The number of alkyl halides is 3. The molecule has 0 spiro atoms. The van der Waals surface area contributed by atoms with Gasteiger partial charge in [0.1, 0.15) is 16.9 Å². The second-order valence-corrected chi connectivity index (χ2v) is 13.3. The Morgan fingerprint density at radius 2 is 1.32 bits per heavy atom. The maximum atomic E-state index is 12.9. The van der Waals surface area contributed by atoms with Gasteiger partial charge in [0.25, 0.3) is 0 Å². The number of rotatable bonds is 9. The van der Waals surface area contributed by atoms with Crippen molar-refractivity contribution in [2.24, 2.45) is 0 Å². The summed E-state index contributed by atoms with van der Waals surface area (Å²) < 4.78 is 51.9. The van der Waals surface area contributed by atoms with Crippen LogP contribution in [0.2, 0.25) is 0 Å². The number of carbonyl (C=O) groups excluding carboxylic acids is 1. The number of nitrogens with one attached hydrogen (secondary N) is 1. The van der Waals surface area contributed by atoms with Crippen LogP contribution in [0, 0.1) is 0 Å². The molecule has 7 rings (SSSR count). The molecule has 1 amide bonds. The molecular formula is C41H35F3N6O3. The zero-order chi connectivity index (χ0) is 37.2. The standard InChI is InChI=1S/C41H35F3N6O3/c1-39(2,3)53-38(51)46-25-34-36-33(23-24-45-37(36)50(48-34)31-19-21-32(22-20-31)52-41(42,43)44)35-26-49(27-47-35)40(28-13-7-4-8-14-28,29-15-9-5-10-16-29)30-17-11-6-12-18-30/h4-24,26-27H,25H2,1-3H3,(H,46,51). The monoisotopic (exact) mass is 716 g/mol. The molecule has 53 heavy (non-hydrogen) atoms. The number of benzene rings is 4. The molecule has 9 nitrogen and oxygen atoms in total. The highest BCUT2D eigenvalue weighted by Gasteiger charge is 2.38. The van der Waals surface area contributed by atoms with Gasteiger partial charge in [-0.15, -0.1) is 13.2 Å². The lowest BCUT2D eigenvalue weighted by Crippen LogP contribution is -2.36. The fourth-order valence-corrected chi connectivity index (χ4v) is 6.52. The molecule has 0 saturated carbocycles. The first-order valence-electron chi connectivity index (χ1n) is 16.8. The van der Waals surface area contributed by atoms with Crippen LogP contribution in [0.3, 0.4) is 0 Å². The summed E-state index contributed by atoms with van der Waals surface area (Å²) in [5, 5.41) is 8.18. The number of ether oxygens (including phenoxy) is 2. The number of alkyl carbamates (subject to hydrolysis) is 1. The summed E-state index contributed by atoms with van der Waals surface area (Å²) in [5.41, 5.74) is 4.10. The number of nitrogens with zero attached hydrogens (tertiary/aromatic N) is 5. The first-order chi connectivity index (χ1) is 25.4. The number of hydrogen-bond acceptors (Lipinski definition) is 6. The molecule has 0 fully saturated rings. The van der Waals surface area contributed by atoms with E-state index in [0.29, 0.717) is 33.7 Å². The summed E-state index contributed by atoms with van der Waals surface area (Å²) in [5.74, 6) is -0.373. The lowest BCUT2D eigenvalue weighted by Gasteiger charge is -2.37. The fraction of sp³-hybridized carbons (Fsp3) is 0.171. The number of aromatic nitrogens is 5. The molecule has 1 N–H and O–H groups in total. The van der Waals surface area contributed by atoms with E-state index in [4.69, 9.17) is 14.8 Å². The molecule has 12 heteroatoms. The molecule has 3 heterocycles. The number of pyridine rings is 1. The van der Waals surface area contributed by atoms with Gasteiger partial charge in [0.2, 0.25) is 0 Å². The largest absolute Gasteiger partial charge is 0.573 e. The Morgan fingerprint density at radius 3 is 1.85 bits per heavy atom. The molecule has 3 aromatic heterocycles. The Balaban J connectivity index is 1.39. The minimum absolute atomic E-state index is 0.0327. The van der Waals surface area contributed by atoms with Gasteiger partial charge in [-0.2, -0.15) is 5.10 Å².